The van der Waals surface area contributed by atoms with E-state index in [0.29, 0.717) is 6.07 Å². The summed E-state index contributed by atoms with van der Waals surface area (Å²) in [7, 11) is 0. The number of nitro groups is 1. The van der Waals surface area contributed by atoms with Gasteiger partial charge in [0.15, 0.2) is 0 Å². The topological polar surface area (TPSA) is 142 Å². The molecule has 0 fully saturated rings. The number of carbonyl (C=O) groups excluding carboxylic acids is 3. The summed E-state index contributed by atoms with van der Waals surface area (Å²) < 4.78 is 32.0. The molecule has 0 aliphatic carbocycles. The Morgan fingerprint density at radius 2 is 1.81 bits per heavy atom. The highest BCUT2D eigenvalue weighted by Crippen LogP contribution is 2.27. The molecule has 2 aromatic carbocycles. The molecule has 2 amide bonds. The fourth-order valence-electron chi connectivity index (χ4n) is 2.93. The summed E-state index contributed by atoms with van der Waals surface area (Å²) in [5.74, 6) is -5.92. The Balaban J connectivity index is 2.40. The van der Waals surface area contributed by atoms with Gasteiger partial charge in [0.05, 0.1) is 23.5 Å². The second kappa shape index (κ2) is 10.2. The average Bonchev–Trinajstić information content (AvgIpc) is 2.70. The number of ether oxygens (including phenoxy) is 1. The Kier molecular flexibility index (Phi) is 7.72. The van der Waals surface area contributed by atoms with Crippen LogP contribution in [-0.2, 0) is 14.3 Å². The Hall–Kier alpha value is -3.89. The molecule has 9 nitrogen and oxygen atoms in total. The molecular formula is C20H19F2N3O6. The van der Waals surface area contributed by atoms with E-state index in [1.54, 1.807) is 6.92 Å². The lowest BCUT2D eigenvalue weighted by Gasteiger charge is -2.25. The molecule has 3 N–H and O–H groups in total. The Labute approximate surface area is 175 Å². The molecule has 11 heteroatoms. The number of esters is 1. The number of nitrogens with zero attached hydrogens (tertiary/aromatic N) is 1. The van der Waals surface area contributed by atoms with E-state index >= 15 is 0 Å². The number of carbonyl (C=O) groups is 3. The maximum atomic E-state index is 14.0. The normalized spacial score (nSPS) is 12.5. The molecule has 0 radical (unpaired) electrons. The van der Waals surface area contributed by atoms with E-state index < -0.39 is 58.3 Å². The molecular weight excluding hydrogens is 416 g/mol. The summed E-state index contributed by atoms with van der Waals surface area (Å²) in [6.45, 7) is 1.63. The minimum Gasteiger partial charge on any atom is -0.466 e. The molecule has 2 rings (SSSR count). The zero-order valence-corrected chi connectivity index (χ0v) is 16.3. The third-order valence-electron chi connectivity index (χ3n) is 4.40. The van der Waals surface area contributed by atoms with E-state index in [4.69, 9.17) is 10.5 Å². The van der Waals surface area contributed by atoms with Crippen LogP contribution in [-0.4, -0.2) is 35.4 Å². The molecule has 0 unspecified atom stereocenters. The van der Waals surface area contributed by atoms with Crippen molar-refractivity contribution < 1.29 is 32.8 Å². The van der Waals surface area contributed by atoms with Crippen molar-refractivity contribution in [2.75, 3.05) is 6.61 Å². The number of non-ortho nitro benzene ring substituents is 1. The third kappa shape index (κ3) is 6.04. The number of hydrogen-bond donors (Lipinski definition) is 2. The summed E-state index contributed by atoms with van der Waals surface area (Å²) in [5, 5.41) is 13.1. The molecule has 0 spiro atoms. The van der Waals surface area contributed by atoms with Crippen molar-refractivity contribution in [3.8, 4) is 0 Å². The van der Waals surface area contributed by atoms with Crippen molar-refractivity contribution in [2.24, 2.45) is 5.73 Å². The highest BCUT2D eigenvalue weighted by Gasteiger charge is 2.33. The quantitative estimate of drug-likeness (QED) is 0.351. The average molecular weight is 435 g/mol. The predicted molar refractivity (Wildman–Crippen MR) is 104 cm³/mol. The smallest absolute Gasteiger partial charge is 0.306 e. The molecule has 2 aromatic rings. The first kappa shape index (κ1) is 23.4. The largest absolute Gasteiger partial charge is 0.466 e. The molecule has 0 bridgehead atoms. The molecule has 0 aromatic heterocycles. The third-order valence-corrected chi connectivity index (χ3v) is 4.40. The number of nitrogens with two attached hydrogens (primary N) is 1. The molecule has 2 atom stereocenters. The molecule has 0 aliphatic heterocycles. The lowest BCUT2D eigenvalue weighted by atomic mass is 9.87. The van der Waals surface area contributed by atoms with Crippen LogP contribution in [0, 0.1) is 21.7 Å². The zero-order chi connectivity index (χ0) is 23.1. The van der Waals surface area contributed by atoms with Gasteiger partial charge < -0.3 is 15.8 Å². The van der Waals surface area contributed by atoms with Crippen LogP contribution in [0.4, 0.5) is 14.5 Å². The van der Waals surface area contributed by atoms with E-state index in [1.165, 1.54) is 12.1 Å². The first-order valence-corrected chi connectivity index (χ1v) is 9.09. The van der Waals surface area contributed by atoms with Gasteiger partial charge >= 0.3 is 5.97 Å². The molecule has 0 aliphatic rings. The Morgan fingerprint density at radius 3 is 2.32 bits per heavy atom. The molecule has 0 saturated carbocycles. The molecule has 0 heterocycles. The van der Waals surface area contributed by atoms with Crippen molar-refractivity contribution in [3.05, 3.63) is 75.3 Å². The maximum absolute atomic E-state index is 14.0. The van der Waals surface area contributed by atoms with Gasteiger partial charge in [0, 0.05) is 24.1 Å². The number of nitrogens with one attached hydrogen (secondary N) is 1. The summed E-state index contributed by atoms with van der Waals surface area (Å²) in [6.07, 6.45) is -0.397. The van der Waals surface area contributed by atoms with E-state index in [9.17, 15) is 33.3 Å². The van der Waals surface area contributed by atoms with Gasteiger partial charge in [-0.05, 0) is 24.6 Å². The monoisotopic (exact) mass is 435 g/mol. The Morgan fingerprint density at radius 1 is 1.16 bits per heavy atom. The van der Waals surface area contributed by atoms with Crippen LogP contribution in [0.1, 0.15) is 35.2 Å². The first-order chi connectivity index (χ1) is 14.6. The number of nitro benzene ring substituents is 1. The minimum atomic E-state index is -1.50. The summed E-state index contributed by atoms with van der Waals surface area (Å²) in [4.78, 5) is 47.0. The van der Waals surface area contributed by atoms with E-state index in [-0.39, 0.29) is 17.9 Å². The lowest BCUT2D eigenvalue weighted by molar-refractivity contribution is -0.384. The van der Waals surface area contributed by atoms with Crippen LogP contribution < -0.4 is 11.1 Å². The molecule has 0 saturated heterocycles. The van der Waals surface area contributed by atoms with Gasteiger partial charge in [-0.15, -0.1) is 0 Å². The Bertz CT molecular complexity index is 997. The maximum Gasteiger partial charge on any atom is 0.306 e. The summed E-state index contributed by atoms with van der Waals surface area (Å²) in [5.41, 5.74) is 4.94. The molecule has 31 heavy (non-hydrogen) atoms. The number of halogens is 2. The van der Waals surface area contributed by atoms with Crippen molar-refractivity contribution in [1.82, 2.24) is 5.32 Å². The number of rotatable bonds is 9. The van der Waals surface area contributed by atoms with Gasteiger partial charge in [0.25, 0.3) is 11.6 Å². The number of benzene rings is 2. The van der Waals surface area contributed by atoms with E-state index in [1.807, 2.05) is 0 Å². The van der Waals surface area contributed by atoms with Crippen molar-refractivity contribution in [2.45, 2.75) is 25.3 Å². The van der Waals surface area contributed by atoms with Crippen molar-refractivity contribution in [3.63, 3.8) is 0 Å². The van der Waals surface area contributed by atoms with Crippen molar-refractivity contribution >= 4 is 23.5 Å². The van der Waals surface area contributed by atoms with Crippen LogP contribution in [0.5, 0.6) is 0 Å². The summed E-state index contributed by atoms with van der Waals surface area (Å²) >= 11 is 0. The number of amides is 2. The second-order valence-corrected chi connectivity index (χ2v) is 6.44. The van der Waals surface area contributed by atoms with Gasteiger partial charge in [-0.1, -0.05) is 12.1 Å². The van der Waals surface area contributed by atoms with Gasteiger partial charge in [-0.2, -0.15) is 0 Å². The van der Waals surface area contributed by atoms with Crippen LogP contribution in [0.2, 0.25) is 0 Å². The van der Waals surface area contributed by atoms with Gasteiger partial charge in [0.2, 0.25) is 5.91 Å². The predicted octanol–water partition coefficient (Wildman–Crippen LogP) is 2.19. The lowest BCUT2D eigenvalue weighted by Crippen LogP contribution is -2.49. The zero-order valence-electron chi connectivity index (χ0n) is 16.3. The minimum absolute atomic E-state index is 0.0558. The fraction of sp³-hybridized carbons (Fsp3) is 0.250. The van der Waals surface area contributed by atoms with Crippen LogP contribution in [0.15, 0.2) is 42.5 Å². The summed E-state index contributed by atoms with van der Waals surface area (Å²) in [6, 6.07) is 5.70. The van der Waals surface area contributed by atoms with Crippen LogP contribution >= 0.6 is 0 Å². The van der Waals surface area contributed by atoms with Crippen LogP contribution in [0.3, 0.4) is 0 Å². The highest BCUT2D eigenvalue weighted by atomic mass is 19.1. The number of primary amides is 1. The first-order valence-electron chi connectivity index (χ1n) is 9.09. The van der Waals surface area contributed by atoms with E-state index in [0.717, 1.165) is 24.3 Å². The highest BCUT2D eigenvalue weighted by molar-refractivity contribution is 5.98. The molecule has 164 valence electrons. The van der Waals surface area contributed by atoms with Crippen molar-refractivity contribution in [1.29, 1.82) is 0 Å². The van der Waals surface area contributed by atoms with Gasteiger partial charge in [0.1, 0.15) is 17.7 Å². The fourth-order valence-corrected chi connectivity index (χ4v) is 2.93. The van der Waals surface area contributed by atoms with Crippen LogP contribution in [0.25, 0.3) is 0 Å². The second-order valence-electron chi connectivity index (χ2n) is 6.44. The van der Waals surface area contributed by atoms with E-state index in [2.05, 4.69) is 5.32 Å². The van der Waals surface area contributed by atoms with Gasteiger partial charge in [-0.25, -0.2) is 8.78 Å². The SMILES string of the molecule is CCOC(=O)C[C@@H](c1ccc([N+](=O)[O-])cc1)[C@H](NC(=O)c1ccc(F)cc1F)C(N)=O. The standard InChI is InChI=1S/C20H19F2N3O6/c1-2-31-17(26)10-15(11-3-6-13(7-4-11)25(29)30)18(19(23)27)24-20(28)14-8-5-12(21)9-16(14)22/h3-9,15,18H,2,10H2,1H3,(H2,23,27)(H,24,28)/t15-,18-/m0/s1. The number of hydrogen-bond acceptors (Lipinski definition) is 6. The van der Waals surface area contributed by atoms with Gasteiger partial charge in [-0.3, -0.25) is 24.5 Å².